The maximum absolute atomic E-state index is 12.9. The number of amides is 2. The van der Waals surface area contributed by atoms with Gasteiger partial charge in [-0.25, -0.2) is 9.97 Å². The lowest BCUT2D eigenvalue weighted by molar-refractivity contribution is -0.122. The molecule has 2 aromatic rings. The third-order valence-electron chi connectivity index (χ3n) is 6.18. The van der Waals surface area contributed by atoms with Gasteiger partial charge in [-0.3, -0.25) is 9.59 Å². The number of carbonyl (C=O) groups is 2. The summed E-state index contributed by atoms with van der Waals surface area (Å²) in [7, 11) is 0. The van der Waals surface area contributed by atoms with Gasteiger partial charge < -0.3 is 15.0 Å². The summed E-state index contributed by atoms with van der Waals surface area (Å²) in [6.07, 6.45) is 7.58. The van der Waals surface area contributed by atoms with E-state index in [-0.39, 0.29) is 23.7 Å². The number of hydrogen-bond acceptors (Lipinski definition) is 5. The van der Waals surface area contributed by atoms with Gasteiger partial charge in [0.15, 0.2) is 0 Å². The zero-order chi connectivity index (χ0) is 22.5. The van der Waals surface area contributed by atoms with Crippen LogP contribution < -0.4 is 10.1 Å². The fourth-order valence-corrected chi connectivity index (χ4v) is 4.40. The molecule has 4 rings (SSSR count). The second-order valence-corrected chi connectivity index (χ2v) is 9.12. The van der Waals surface area contributed by atoms with Crippen molar-refractivity contribution in [2.45, 2.75) is 58.4 Å². The fourth-order valence-electron chi connectivity index (χ4n) is 4.40. The molecule has 0 aliphatic carbocycles. The van der Waals surface area contributed by atoms with Crippen molar-refractivity contribution in [2.75, 3.05) is 19.7 Å². The Morgan fingerprint density at radius 1 is 1.22 bits per heavy atom. The van der Waals surface area contributed by atoms with Crippen LogP contribution >= 0.6 is 0 Å². The van der Waals surface area contributed by atoms with E-state index in [9.17, 15) is 9.59 Å². The Hall–Kier alpha value is -2.96. The van der Waals surface area contributed by atoms with Gasteiger partial charge in [0.2, 0.25) is 5.91 Å². The first-order valence-electron chi connectivity index (χ1n) is 11.6. The molecule has 0 spiro atoms. The number of fused-ring (bicyclic) bond motifs is 1. The predicted octanol–water partition coefficient (Wildman–Crippen LogP) is 3.48. The molecule has 1 atom stereocenters. The number of aromatic nitrogens is 2. The van der Waals surface area contributed by atoms with Gasteiger partial charge in [-0.15, -0.1) is 0 Å². The molecule has 7 nitrogen and oxygen atoms in total. The molecule has 1 N–H and O–H groups in total. The molecule has 3 heterocycles. The highest BCUT2D eigenvalue weighted by atomic mass is 16.5. The number of likely N-dealkylation sites (tertiary alicyclic amines) is 1. The van der Waals surface area contributed by atoms with Crippen LogP contribution in [0.4, 0.5) is 0 Å². The van der Waals surface area contributed by atoms with Crippen molar-refractivity contribution in [1.82, 2.24) is 20.2 Å². The van der Waals surface area contributed by atoms with Crippen LogP contribution in [0.3, 0.4) is 0 Å². The Labute approximate surface area is 189 Å². The number of rotatable bonds is 6. The lowest BCUT2D eigenvalue weighted by Crippen LogP contribution is -2.41. The first-order valence-corrected chi connectivity index (χ1v) is 11.6. The van der Waals surface area contributed by atoms with Crippen molar-refractivity contribution in [2.24, 2.45) is 5.92 Å². The Balaban J connectivity index is 1.28. The molecular weight excluding hydrogens is 404 g/mol. The lowest BCUT2D eigenvalue weighted by Gasteiger charge is -2.32. The van der Waals surface area contributed by atoms with Crippen molar-refractivity contribution in [1.29, 1.82) is 0 Å². The van der Waals surface area contributed by atoms with E-state index >= 15 is 0 Å². The Morgan fingerprint density at radius 2 is 2.03 bits per heavy atom. The van der Waals surface area contributed by atoms with Crippen molar-refractivity contribution < 1.29 is 14.3 Å². The molecule has 0 bridgehead atoms. The number of ether oxygens (including phenoxy) is 1. The van der Waals surface area contributed by atoms with Gasteiger partial charge in [-0.05, 0) is 48.8 Å². The molecule has 0 saturated carbocycles. The summed E-state index contributed by atoms with van der Waals surface area (Å²) in [5, 5.41) is 3.04. The monoisotopic (exact) mass is 436 g/mol. The molecule has 2 aliphatic rings. The predicted molar refractivity (Wildman–Crippen MR) is 121 cm³/mol. The average molecular weight is 437 g/mol. The molecular formula is C25H32N4O3. The van der Waals surface area contributed by atoms with Gasteiger partial charge >= 0.3 is 0 Å². The van der Waals surface area contributed by atoms with E-state index in [4.69, 9.17) is 4.74 Å². The van der Waals surface area contributed by atoms with E-state index in [0.29, 0.717) is 31.6 Å². The minimum Gasteiger partial charge on any atom is -0.493 e. The summed E-state index contributed by atoms with van der Waals surface area (Å²) in [6.45, 7) is 6.64. The Morgan fingerprint density at radius 3 is 2.81 bits per heavy atom. The quantitative estimate of drug-likeness (QED) is 0.749. The molecule has 1 aromatic heterocycles. The number of aryl methyl sites for hydroxylation is 1. The van der Waals surface area contributed by atoms with Gasteiger partial charge in [0.05, 0.1) is 12.2 Å². The van der Waals surface area contributed by atoms with Crippen molar-refractivity contribution in [3.05, 3.63) is 53.1 Å². The van der Waals surface area contributed by atoms with Crippen LogP contribution in [0.1, 0.15) is 72.8 Å². The minimum atomic E-state index is -0.0540. The summed E-state index contributed by atoms with van der Waals surface area (Å²) in [5.41, 5.74) is 2.82. The van der Waals surface area contributed by atoms with Crippen LogP contribution in [0, 0.1) is 5.92 Å². The van der Waals surface area contributed by atoms with Crippen molar-refractivity contribution in [3.8, 4) is 5.75 Å². The lowest BCUT2D eigenvalue weighted by atomic mass is 9.94. The van der Waals surface area contributed by atoms with E-state index in [1.165, 1.54) is 5.56 Å². The zero-order valence-electron chi connectivity index (χ0n) is 19.0. The molecule has 1 saturated heterocycles. The van der Waals surface area contributed by atoms with Crippen LogP contribution in [-0.4, -0.2) is 46.4 Å². The average Bonchev–Trinajstić information content (AvgIpc) is 2.82. The molecule has 7 heteroatoms. The summed E-state index contributed by atoms with van der Waals surface area (Å²) in [5.74, 6) is 2.07. The SMILES string of the molecule is CC(C)c1ncc(C(=O)N2CCCC(CC(=O)NCc3ccc4c(c3)CCCO4)C2)cn1. The number of benzene rings is 1. The van der Waals surface area contributed by atoms with E-state index < -0.39 is 0 Å². The van der Waals surface area contributed by atoms with E-state index in [2.05, 4.69) is 21.4 Å². The van der Waals surface area contributed by atoms with Crippen molar-refractivity contribution >= 4 is 11.8 Å². The van der Waals surface area contributed by atoms with E-state index in [1.807, 2.05) is 30.9 Å². The maximum atomic E-state index is 12.9. The third kappa shape index (κ3) is 5.44. The van der Waals surface area contributed by atoms with Gasteiger partial charge in [0, 0.05) is 44.4 Å². The first kappa shape index (κ1) is 22.2. The Bertz CT molecular complexity index is 958. The normalized spacial score (nSPS) is 18.1. The minimum absolute atomic E-state index is 0.0305. The van der Waals surface area contributed by atoms with Crippen LogP contribution in [0.2, 0.25) is 0 Å². The molecule has 1 aromatic carbocycles. The molecule has 0 radical (unpaired) electrons. The first-order chi connectivity index (χ1) is 15.5. The highest BCUT2D eigenvalue weighted by molar-refractivity contribution is 5.93. The van der Waals surface area contributed by atoms with Crippen LogP contribution in [0.5, 0.6) is 5.75 Å². The molecule has 2 amide bonds. The summed E-state index contributed by atoms with van der Waals surface area (Å²) < 4.78 is 5.65. The number of nitrogens with zero attached hydrogens (tertiary/aromatic N) is 3. The largest absolute Gasteiger partial charge is 0.493 e. The highest BCUT2D eigenvalue weighted by Crippen LogP contribution is 2.26. The number of hydrogen-bond donors (Lipinski definition) is 1. The fraction of sp³-hybridized carbons (Fsp3) is 0.520. The third-order valence-corrected chi connectivity index (χ3v) is 6.18. The van der Waals surface area contributed by atoms with Gasteiger partial charge in [0.1, 0.15) is 11.6 Å². The summed E-state index contributed by atoms with van der Waals surface area (Å²) in [6, 6.07) is 6.14. The number of piperidine rings is 1. The van der Waals surface area contributed by atoms with Crippen LogP contribution in [-0.2, 0) is 17.8 Å². The molecule has 2 aliphatic heterocycles. The highest BCUT2D eigenvalue weighted by Gasteiger charge is 2.26. The molecule has 170 valence electrons. The molecule has 32 heavy (non-hydrogen) atoms. The van der Waals surface area contributed by atoms with Gasteiger partial charge in [-0.2, -0.15) is 0 Å². The number of carbonyl (C=O) groups excluding carboxylic acids is 2. The standard InChI is InChI=1S/C25H32N4O3/c1-17(2)24-27-14-21(15-28-24)25(31)29-9-3-5-19(16-29)12-23(30)26-13-18-7-8-22-20(11-18)6-4-10-32-22/h7-8,11,14-15,17,19H,3-6,9-10,12-13,16H2,1-2H3,(H,26,30). The topological polar surface area (TPSA) is 84.4 Å². The van der Waals surface area contributed by atoms with E-state index in [0.717, 1.165) is 49.4 Å². The summed E-state index contributed by atoms with van der Waals surface area (Å²) in [4.78, 5) is 35.9. The second-order valence-electron chi connectivity index (χ2n) is 9.12. The smallest absolute Gasteiger partial charge is 0.256 e. The summed E-state index contributed by atoms with van der Waals surface area (Å²) >= 11 is 0. The number of nitrogens with one attached hydrogen (secondary N) is 1. The second kappa shape index (κ2) is 10.1. The van der Waals surface area contributed by atoms with E-state index in [1.54, 1.807) is 12.4 Å². The van der Waals surface area contributed by atoms with Crippen LogP contribution in [0.25, 0.3) is 0 Å². The molecule has 1 fully saturated rings. The maximum Gasteiger partial charge on any atom is 0.256 e. The molecule has 1 unspecified atom stereocenters. The van der Waals surface area contributed by atoms with Gasteiger partial charge in [-0.1, -0.05) is 26.0 Å². The zero-order valence-corrected chi connectivity index (χ0v) is 19.0. The van der Waals surface area contributed by atoms with Crippen molar-refractivity contribution in [3.63, 3.8) is 0 Å². The Kier molecular flexibility index (Phi) is 7.02. The van der Waals surface area contributed by atoms with Gasteiger partial charge in [0.25, 0.3) is 5.91 Å². The van der Waals surface area contributed by atoms with Crippen LogP contribution in [0.15, 0.2) is 30.6 Å².